The quantitative estimate of drug-likeness (QED) is 0.817. The predicted octanol–water partition coefficient (Wildman–Crippen LogP) is 4.32. The lowest BCUT2D eigenvalue weighted by molar-refractivity contribution is -0.121. The van der Waals surface area contributed by atoms with E-state index in [1.807, 2.05) is 11.5 Å². The van der Waals surface area contributed by atoms with Crippen molar-refractivity contribution in [3.8, 4) is 0 Å². The smallest absolute Gasteiger partial charge is 0.243 e. The Bertz CT molecular complexity index is 765. The second kappa shape index (κ2) is 8.44. The number of carbonyl (C=O) groups is 1. The van der Waals surface area contributed by atoms with E-state index in [0.717, 1.165) is 13.0 Å². The first-order valence-electron chi connectivity index (χ1n) is 9.74. The first-order chi connectivity index (χ1) is 13.2. The van der Waals surface area contributed by atoms with Crippen molar-refractivity contribution in [2.24, 2.45) is 11.1 Å². The van der Waals surface area contributed by atoms with Crippen LogP contribution in [0.4, 0.5) is 9.61 Å². The SMILES string of the molecule is O=C(Nc1nccs1)C(CC1CCCCC1)N1CC2=C(CC(=NF)C=C2)C1. The Morgan fingerprint density at radius 1 is 1.33 bits per heavy atom. The first kappa shape index (κ1) is 18.5. The highest BCUT2D eigenvalue weighted by Crippen LogP contribution is 2.33. The van der Waals surface area contributed by atoms with Gasteiger partial charge in [-0.25, -0.2) is 4.98 Å². The fraction of sp³-hybridized carbons (Fsp3) is 0.550. The lowest BCUT2D eigenvalue weighted by atomic mass is 9.84. The summed E-state index contributed by atoms with van der Waals surface area (Å²) in [7, 11) is 0. The average Bonchev–Trinajstić information content (AvgIpc) is 3.35. The number of hydrogen-bond donors (Lipinski definition) is 1. The molecule has 1 saturated carbocycles. The maximum absolute atomic E-state index is 13.1. The van der Waals surface area contributed by atoms with Crippen LogP contribution in [0.3, 0.4) is 0 Å². The van der Waals surface area contributed by atoms with Crippen molar-refractivity contribution in [1.29, 1.82) is 0 Å². The van der Waals surface area contributed by atoms with E-state index in [-0.39, 0.29) is 11.9 Å². The maximum Gasteiger partial charge on any atom is 0.243 e. The van der Waals surface area contributed by atoms with Gasteiger partial charge in [-0.1, -0.05) is 47.9 Å². The second-order valence-electron chi connectivity index (χ2n) is 7.70. The van der Waals surface area contributed by atoms with E-state index in [4.69, 9.17) is 0 Å². The van der Waals surface area contributed by atoms with E-state index in [1.165, 1.54) is 54.6 Å². The highest BCUT2D eigenvalue weighted by Gasteiger charge is 2.35. The summed E-state index contributed by atoms with van der Waals surface area (Å²) in [4.78, 5) is 19.5. The largest absolute Gasteiger partial charge is 0.301 e. The normalized spacial score (nSPS) is 23.7. The summed E-state index contributed by atoms with van der Waals surface area (Å²) in [6.45, 7) is 1.45. The Kier molecular flexibility index (Phi) is 5.78. The molecule has 5 nitrogen and oxygen atoms in total. The van der Waals surface area contributed by atoms with Gasteiger partial charge < -0.3 is 5.32 Å². The van der Waals surface area contributed by atoms with Gasteiger partial charge in [0.15, 0.2) is 5.13 Å². The van der Waals surface area contributed by atoms with Crippen LogP contribution in [0, 0.1) is 5.92 Å². The minimum atomic E-state index is -0.179. The van der Waals surface area contributed by atoms with E-state index >= 15 is 0 Å². The van der Waals surface area contributed by atoms with Crippen molar-refractivity contribution < 1.29 is 9.28 Å². The highest BCUT2D eigenvalue weighted by atomic mass is 32.1. The van der Waals surface area contributed by atoms with Crippen LogP contribution in [0.2, 0.25) is 0 Å². The molecule has 144 valence electrons. The minimum Gasteiger partial charge on any atom is -0.301 e. The summed E-state index contributed by atoms with van der Waals surface area (Å²) in [6, 6.07) is -0.179. The van der Waals surface area contributed by atoms with Gasteiger partial charge in [0.2, 0.25) is 5.91 Å². The summed E-state index contributed by atoms with van der Waals surface area (Å²) in [5.41, 5.74) is 2.86. The number of hydrogen-bond acceptors (Lipinski definition) is 5. The molecule has 2 aliphatic carbocycles. The van der Waals surface area contributed by atoms with Crippen LogP contribution in [-0.4, -0.2) is 40.6 Å². The third kappa shape index (κ3) is 4.35. The zero-order valence-electron chi connectivity index (χ0n) is 15.4. The van der Waals surface area contributed by atoms with Crippen LogP contribution in [0.15, 0.2) is 40.1 Å². The second-order valence-corrected chi connectivity index (χ2v) is 8.60. The maximum atomic E-state index is 13.1. The molecule has 4 rings (SSSR count). The van der Waals surface area contributed by atoms with Gasteiger partial charge in [-0.05, 0) is 29.6 Å². The Balaban J connectivity index is 1.47. The Labute approximate surface area is 163 Å². The third-order valence-corrected chi connectivity index (χ3v) is 6.58. The van der Waals surface area contributed by atoms with Crippen LogP contribution in [0.25, 0.3) is 0 Å². The van der Waals surface area contributed by atoms with Gasteiger partial charge in [0.1, 0.15) is 0 Å². The molecule has 1 fully saturated rings. The number of carbonyl (C=O) groups excluding carboxylic acids is 1. The number of nitrogens with zero attached hydrogens (tertiary/aromatic N) is 3. The number of rotatable bonds is 5. The van der Waals surface area contributed by atoms with Crippen LogP contribution in [0.1, 0.15) is 44.9 Å². The van der Waals surface area contributed by atoms with Crippen molar-refractivity contribution in [2.45, 2.75) is 51.0 Å². The molecule has 1 unspecified atom stereocenters. The van der Waals surface area contributed by atoms with Crippen molar-refractivity contribution in [3.05, 3.63) is 34.9 Å². The standard InChI is InChI=1S/C20H25FN4OS/c21-24-17-7-6-15-12-25(13-16(15)11-17)18(10-14-4-2-1-3-5-14)19(26)23-20-22-8-9-27-20/h6-9,14,18H,1-5,10-13H2,(H,22,23,26). The number of thiazole rings is 1. The van der Waals surface area contributed by atoms with Crippen LogP contribution < -0.4 is 5.32 Å². The van der Waals surface area contributed by atoms with Crippen molar-refractivity contribution in [2.75, 3.05) is 18.4 Å². The number of nitrogens with one attached hydrogen (secondary N) is 1. The number of allylic oxidation sites excluding steroid dienone is 1. The summed E-state index contributed by atoms with van der Waals surface area (Å²) in [5, 5.41) is 8.36. The summed E-state index contributed by atoms with van der Waals surface area (Å²) < 4.78 is 12.7. The fourth-order valence-corrected chi connectivity index (χ4v) is 4.99. The Morgan fingerprint density at radius 2 is 2.19 bits per heavy atom. The van der Waals surface area contributed by atoms with E-state index < -0.39 is 0 Å². The molecule has 1 amide bonds. The molecule has 0 saturated heterocycles. The molecule has 1 N–H and O–H groups in total. The molecule has 7 heteroatoms. The monoisotopic (exact) mass is 388 g/mol. The lowest BCUT2D eigenvalue weighted by Gasteiger charge is -2.31. The minimum absolute atomic E-state index is 0.0266. The predicted molar refractivity (Wildman–Crippen MR) is 107 cm³/mol. The Morgan fingerprint density at radius 3 is 2.93 bits per heavy atom. The van der Waals surface area contributed by atoms with E-state index in [0.29, 0.717) is 29.7 Å². The van der Waals surface area contributed by atoms with Gasteiger partial charge in [-0.2, -0.15) is 0 Å². The molecule has 1 aromatic rings. The number of halogens is 1. The Hall–Kier alpha value is -1.86. The number of amides is 1. The summed E-state index contributed by atoms with van der Waals surface area (Å²) >= 11 is 1.44. The van der Waals surface area contributed by atoms with E-state index in [1.54, 1.807) is 12.3 Å². The summed E-state index contributed by atoms with van der Waals surface area (Å²) in [5.74, 6) is 0.626. The van der Waals surface area contributed by atoms with E-state index in [2.05, 4.69) is 20.4 Å². The molecule has 0 radical (unpaired) electrons. The van der Waals surface area contributed by atoms with Gasteiger partial charge in [0, 0.05) is 31.1 Å². The summed E-state index contributed by atoms with van der Waals surface area (Å²) in [6.07, 6.45) is 13.1. The molecule has 27 heavy (non-hydrogen) atoms. The molecule has 3 aliphatic rings. The lowest BCUT2D eigenvalue weighted by Crippen LogP contribution is -2.44. The molecule has 1 aromatic heterocycles. The van der Waals surface area contributed by atoms with Crippen LogP contribution in [-0.2, 0) is 4.79 Å². The number of anilines is 1. The van der Waals surface area contributed by atoms with Gasteiger partial charge in [0.05, 0.1) is 11.8 Å². The van der Waals surface area contributed by atoms with Gasteiger partial charge in [-0.3, -0.25) is 9.69 Å². The van der Waals surface area contributed by atoms with Gasteiger partial charge in [-0.15, -0.1) is 11.3 Å². The molecule has 0 aromatic carbocycles. The van der Waals surface area contributed by atoms with E-state index in [9.17, 15) is 9.28 Å². The third-order valence-electron chi connectivity index (χ3n) is 5.89. The molecule has 0 bridgehead atoms. The van der Waals surface area contributed by atoms with Gasteiger partial charge in [0.25, 0.3) is 0 Å². The highest BCUT2D eigenvalue weighted by molar-refractivity contribution is 7.13. The van der Waals surface area contributed by atoms with Gasteiger partial charge >= 0.3 is 0 Å². The zero-order valence-corrected chi connectivity index (χ0v) is 16.2. The molecule has 0 spiro atoms. The van der Waals surface area contributed by atoms with Crippen molar-refractivity contribution in [3.63, 3.8) is 0 Å². The molecule has 2 heterocycles. The van der Waals surface area contributed by atoms with Crippen LogP contribution >= 0.6 is 11.3 Å². The molecule has 1 aliphatic heterocycles. The number of aromatic nitrogens is 1. The van der Waals surface area contributed by atoms with Crippen molar-refractivity contribution in [1.82, 2.24) is 9.88 Å². The van der Waals surface area contributed by atoms with Crippen LogP contribution in [0.5, 0.6) is 0 Å². The molecule has 1 atom stereocenters. The molecular formula is C20H25FN4OS. The topological polar surface area (TPSA) is 57.6 Å². The zero-order chi connectivity index (χ0) is 18.6. The van der Waals surface area contributed by atoms with Crippen molar-refractivity contribution >= 4 is 28.1 Å². The first-order valence-corrected chi connectivity index (χ1v) is 10.6. The average molecular weight is 389 g/mol. The fourth-order valence-electron chi connectivity index (χ4n) is 4.46. The molecular weight excluding hydrogens is 363 g/mol.